The van der Waals surface area contributed by atoms with Crippen molar-refractivity contribution in [3.05, 3.63) is 35.5 Å². The van der Waals surface area contributed by atoms with Crippen molar-refractivity contribution in [1.29, 1.82) is 0 Å². The van der Waals surface area contributed by atoms with E-state index in [1.54, 1.807) is 7.05 Å². The van der Waals surface area contributed by atoms with Gasteiger partial charge in [0.1, 0.15) is 0 Å². The van der Waals surface area contributed by atoms with Gasteiger partial charge in [0.25, 0.3) is 0 Å². The summed E-state index contributed by atoms with van der Waals surface area (Å²) < 4.78 is 0. The summed E-state index contributed by atoms with van der Waals surface area (Å²) in [6.45, 7) is 6.07. The molecule has 4 nitrogen and oxygen atoms in total. The molecule has 1 amide bonds. The van der Waals surface area contributed by atoms with Crippen LogP contribution in [-0.4, -0.2) is 31.0 Å². The molecule has 1 aliphatic rings. The van der Waals surface area contributed by atoms with E-state index in [2.05, 4.69) is 42.3 Å². The molecule has 1 aromatic heterocycles. The van der Waals surface area contributed by atoms with Gasteiger partial charge in [-0.2, -0.15) is 0 Å². The third kappa shape index (κ3) is 2.90. The molecule has 0 aliphatic carbocycles. The molecule has 2 heterocycles. The molecule has 0 bridgehead atoms. The highest BCUT2D eigenvalue weighted by atomic mass is 16.1. The third-order valence-corrected chi connectivity index (χ3v) is 4.88. The van der Waals surface area contributed by atoms with Crippen LogP contribution in [0, 0.1) is 12.8 Å². The Morgan fingerprint density at radius 2 is 2.17 bits per heavy atom. The first-order valence-electron chi connectivity index (χ1n) is 8.50. The predicted molar refractivity (Wildman–Crippen MR) is 94.9 cm³/mol. The van der Waals surface area contributed by atoms with Crippen LogP contribution >= 0.6 is 0 Å². The van der Waals surface area contributed by atoms with Crippen LogP contribution in [0.5, 0.6) is 0 Å². The molecular formula is C19H25N3O. The molecule has 2 aromatic rings. The first kappa shape index (κ1) is 15.8. The van der Waals surface area contributed by atoms with Gasteiger partial charge in [-0.25, -0.2) is 0 Å². The van der Waals surface area contributed by atoms with E-state index in [4.69, 9.17) is 4.98 Å². The Hall–Kier alpha value is -2.10. The number of nitrogens with zero attached hydrogens (tertiary/aromatic N) is 2. The number of hydrogen-bond acceptors (Lipinski definition) is 3. The normalized spacial score (nSPS) is 18.2. The van der Waals surface area contributed by atoms with Crippen LogP contribution in [0.1, 0.15) is 31.0 Å². The second-order valence-electron chi connectivity index (χ2n) is 6.29. The summed E-state index contributed by atoms with van der Waals surface area (Å²) in [4.78, 5) is 19.2. The summed E-state index contributed by atoms with van der Waals surface area (Å²) >= 11 is 0. The molecule has 0 radical (unpaired) electrons. The lowest BCUT2D eigenvalue weighted by atomic mass is 9.94. The molecule has 0 saturated carbocycles. The van der Waals surface area contributed by atoms with E-state index in [-0.39, 0.29) is 11.8 Å². The predicted octanol–water partition coefficient (Wildman–Crippen LogP) is 3.07. The fourth-order valence-corrected chi connectivity index (χ4v) is 3.74. The first-order valence-corrected chi connectivity index (χ1v) is 8.50. The molecule has 1 atom stereocenters. The van der Waals surface area contributed by atoms with Crippen molar-refractivity contribution in [2.75, 3.05) is 25.0 Å². The fraction of sp³-hybridized carbons (Fsp3) is 0.474. The van der Waals surface area contributed by atoms with Crippen molar-refractivity contribution in [1.82, 2.24) is 10.3 Å². The van der Waals surface area contributed by atoms with Gasteiger partial charge in [-0.1, -0.05) is 25.1 Å². The summed E-state index contributed by atoms with van der Waals surface area (Å²) in [6.07, 6.45) is 2.98. The van der Waals surface area contributed by atoms with Gasteiger partial charge in [0.05, 0.1) is 17.1 Å². The maximum absolute atomic E-state index is 12.1. The van der Waals surface area contributed by atoms with Gasteiger partial charge in [0.2, 0.25) is 5.91 Å². The van der Waals surface area contributed by atoms with Gasteiger partial charge < -0.3 is 10.2 Å². The maximum atomic E-state index is 12.1. The molecule has 0 spiro atoms. The summed E-state index contributed by atoms with van der Waals surface area (Å²) in [6, 6.07) is 8.33. The second-order valence-corrected chi connectivity index (χ2v) is 6.29. The van der Waals surface area contributed by atoms with E-state index in [0.717, 1.165) is 43.6 Å². The lowest BCUT2D eigenvalue weighted by molar-refractivity contribution is -0.124. The number of rotatable bonds is 3. The molecule has 1 aliphatic heterocycles. The van der Waals surface area contributed by atoms with Crippen LogP contribution in [0.4, 0.5) is 5.69 Å². The zero-order valence-electron chi connectivity index (χ0n) is 14.2. The Labute approximate surface area is 137 Å². The topological polar surface area (TPSA) is 45.2 Å². The number of fused-ring (bicyclic) bond motifs is 1. The van der Waals surface area contributed by atoms with E-state index in [9.17, 15) is 4.79 Å². The smallest absolute Gasteiger partial charge is 0.224 e. The van der Waals surface area contributed by atoms with E-state index >= 15 is 0 Å². The third-order valence-electron chi connectivity index (χ3n) is 4.88. The van der Waals surface area contributed by atoms with Gasteiger partial charge in [-0.15, -0.1) is 0 Å². The zero-order chi connectivity index (χ0) is 16.4. The van der Waals surface area contributed by atoms with Gasteiger partial charge >= 0.3 is 0 Å². The van der Waals surface area contributed by atoms with Gasteiger partial charge in [-0.05, 0) is 37.8 Å². The molecule has 1 fully saturated rings. The van der Waals surface area contributed by atoms with Crippen LogP contribution in [0.25, 0.3) is 10.9 Å². The van der Waals surface area contributed by atoms with Crippen LogP contribution < -0.4 is 10.2 Å². The number of carbonyl (C=O) groups is 1. The summed E-state index contributed by atoms with van der Waals surface area (Å²) in [5, 5.41) is 4.01. The number of amides is 1. The number of aryl methyl sites for hydroxylation is 1. The minimum Gasteiger partial charge on any atom is -0.370 e. The number of benzene rings is 1. The van der Waals surface area contributed by atoms with Crippen molar-refractivity contribution in [3.8, 4) is 0 Å². The molecule has 122 valence electrons. The van der Waals surface area contributed by atoms with E-state index < -0.39 is 0 Å². The molecular weight excluding hydrogens is 286 g/mol. The van der Waals surface area contributed by atoms with Crippen LogP contribution in [0.15, 0.2) is 24.3 Å². The molecule has 4 heteroatoms. The van der Waals surface area contributed by atoms with Crippen molar-refractivity contribution in [2.24, 2.45) is 5.92 Å². The number of anilines is 1. The van der Waals surface area contributed by atoms with Crippen LogP contribution in [0.2, 0.25) is 0 Å². The van der Waals surface area contributed by atoms with Crippen molar-refractivity contribution < 1.29 is 4.79 Å². The average molecular weight is 311 g/mol. The summed E-state index contributed by atoms with van der Waals surface area (Å²) in [7, 11) is 1.73. The standard InChI is InChI=1S/C19H25N3O/c1-4-15-13(2)21-17-10-6-5-9-16(17)18(15)22-11-7-8-14(12-22)19(23)20-3/h5-6,9-10,14H,4,7-8,11-12H2,1-3H3,(H,20,23). The number of para-hydroxylation sites is 1. The van der Waals surface area contributed by atoms with Gasteiger partial charge in [-0.3, -0.25) is 9.78 Å². The highest BCUT2D eigenvalue weighted by Crippen LogP contribution is 2.34. The van der Waals surface area contributed by atoms with Crippen molar-refractivity contribution >= 4 is 22.5 Å². The number of nitrogens with one attached hydrogen (secondary N) is 1. The van der Waals surface area contributed by atoms with Crippen LogP contribution in [0.3, 0.4) is 0 Å². The number of aromatic nitrogens is 1. The van der Waals surface area contributed by atoms with E-state index in [0.29, 0.717) is 0 Å². The summed E-state index contributed by atoms with van der Waals surface area (Å²) in [5.41, 5.74) is 4.73. The first-order chi connectivity index (χ1) is 11.2. The number of hydrogen-bond donors (Lipinski definition) is 1. The Bertz CT molecular complexity index is 726. The Balaban J connectivity index is 2.09. The Kier molecular flexibility index (Phi) is 4.51. The Morgan fingerprint density at radius 1 is 1.39 bits per heavy atom. The van der Waals surface area contributed by atoms with Gasteiger partial charge in [0.15, 0.2) is 0 Å². The second kappa shape index (κ2) is 6.57. The van der Waals surface area contributed by atoms with Gasteiger partial charge in [0, 0.05) is 31.2 Å². The SMILES string of the molecule is CCc1c(C)nc2ccccc2c1N1CCCC(C(=O)NC)C1. The van der Waals surface area contributed by atoms with Crippen molar-refractivity contribution in [2.45, 2.75) is 33.1 Å². The van der Waals surface area contributed by atoms with E-state index in [1.165, 1.54) is 16.6 Å². The monoisotopic (exact) mass is 311 g/mol. The largest absolute Gasteiger partial charge is 0.370 e. The molecule has 1 N–H and O–H groups in total. The maximum Gasteiger partial charge on any atom is 0.224 e. The molecule has 1 aromatic carbocycles. The zero-order valence-corrected chi connectivity index (χ0v) is 14.2. The lowest BCUT2D eigenvalue weighted by Crippen LogP contribution is -2.42. The highest BCUT2D eigenvalue weighted by molar-refractivity contribution is 5.94. The Morgan fingerprint density at radius 3 is 2.91 bits per heavy atom. The number of piperidine rings is 1. The highest BCUT2D eigenvalue weighted by Gasteiger charge is 2.27. The molecule has 1 unspecified atom stereocenters. The lowest BCUT2D eigenvalue weighted by Gasteiger charge is -2.35. The molecule has 3 rings (SSSR count). The van der Waals surface area contributed by atoms with E-state index in [1.807, 2.05) is 6.07 Å². The number of pyridine rings is 1. The number of carbonyl (C=O) groups excluding carboxylic acids is 1. The molecule has 1 saturated heterocycles. The molecule has 23 heavy (non-hydrogen) atoms. The van der Waals surface area contributed by atoms with Crippen LogP contribution in [-0.2, 0) is 11.2 Å². The van der Waals surface area contributed by atoms with Crippen molar-refractivity contribution in [3.63, 3.8) is 0 Å². The minimum atomic E-state index is 0.0747. The quantitative estimate of drug-likeness (QED) is 0.947. The summed E-state index contributed by atoms with van der Waals surface area (Å²) in [5.74, 6) is 0.230. The fourth-order valence-electron chi connectivity index (χ4n) is 3.74. The average Bonchev–Trinajstić information content (AvgIpc) is 2.59. The minimum absolute atomic E-state index is 0.0747.